The van der Waals surface area contributed by atoms with Gasteiger partial charge in [-0.1, -0.05) is 25.7 Å². The van der Waals surface area contributed by atoms with Crippen LogP contribution in [0.2, 0.25) is 0 Å². The van der Waals surface area contributed by atoms with Gasteiger partial charge in [0.15, 0.2) is 6.29 Å². The molecule has 0 bridgehead atoms. The molecule has 3 atom stereocenters. The molecule has 0 spiro atoms. The predicted octanol–water partition coefficient (Wildman–Crippen LogP) is 3.21. The lowest BCUT2D eigenvalue weighted by molar-refractivity contribution is -0.151. The van der Waals surface area contributed by atoms with E-state index < -0.39 is 0 Å². The van der Waals surface area contributed by atoms with Gasteiger partial charge in [-0.3, -0.25) is 0 Å². The van der Waals surface area contributed by atoms with Crippen LogP contribution in [0.25, 0.3) is 0 Å². The first kappa shape index (κ1) is 11.4. The Morgan fingerprint density at radius 1 is 0.867 bits per heavy atom. The van der Waals surface area contributed by atoms with Gasteiger partial charge < -0.3 is 9.47 Å². The van der Waals surface area contributed by atoms with Crippen molar-refractivity contribution in [2.24, 2.45) is 17.8 Å². The lowest BCUT2D eigenvalue weighted by Crippen LogP contribution is -2.34. The van der Waals surface area contributed by atoms with Gasteiger partial charge >= 0.3 is 0 Å². The van der Waals surface area contributed by atoms with Gasteiger partial charge in [-0.2, -0.15) is 0 Å². The quantitative estimate of drug-likeness (QED) is 0.669. The molecule has 88 valence electrons. The summed E-state index contributed by atoms with van der Waals surface area (Å²) in [6.07, 6.45) is 9.89. The van der Waals surface area contributed by atoms with Crippen molar-refractivity contribution in [3.05, 3.63) is 0 Å². The van der Waals surface area contributed by atoms with E-state index in [0.29, 0.717) is 5.92 Å². The molecule has 0 radical (unpaired) electrons. The summed E-state index contributed by atoms with van der Waals surface area (Å²) in [5, 5.41) is 0. The van der Waals surface area contributed by atoms with Crippen molar-refractivity contribution in [1.82, 2.24) is 0 Å². The molecule has 0 aromatic rings. The third kappa shape index (κ3) is 2.54. The standard InChI is InChI=1S/C13H24O2/c1-14-13(15-2)12-8-7-10-5-3-4-6-11(10)9-12/h10-13H,3-9H2,1-2H3. The first-order chi connectivity index (χ1) is 7.35. The molecule has 0 saturated heterocycles. The minimum Gasteiger partial charge on any atom is -0.356 e. The van der Waals surface area contributed by atoms with E-state index in [1.807, 2.05) is 0 Å². The molecule has 15 heavy (non-hydrogen) atoms. The summed E-state index contributed by atoms with van der Waals surface area (Å²) >= 11 is 0. The van der Waals surface area contributed by atoms with E-state index in [9.17, 15) is 0 Å². The van der Waals surface area contributed by atoms with Crippen molar-refractivity contribution in [3.63, 3.8) is 0 Å². The minimum atomic E-state index is 0.0351. The minimum absolute atomic E-state index is 0.0351. The monoisotopic (exact) mass is 212 g/mol. The Hall–Kier alpha value is -0.0800. The van der Waals surface area contributed by atoms with Gasteiger partial charge in [0.05, 0.1) is 0 Å². The van der Waals surface area contributed by atoms with Crippen molar-refractivity contribution in [3.8, 4) is 0 Å². The molecule has 2 saturated carbocycles. The maximum Gasteiger partial charge on any atom is 0.159 e. The second-order valence-electron chi connectivity index (χ2n) is 5.22. The van der Waals surface area contributed by atoms with Crippen LogP contribution in [-0.4, -0.2) is 20.5 Å². The molecule has 0 aromatic heterocycles. The van der Waals surface area contributed by atoms with Gasteiger partial charge in [-0.25, -0.2) is 0 Å². The zero-order valence-corrected chi connectivity index (χ0v) is 10.1. The third-order valence-electron chi connectivity index (χ3n) is 4.43. The smallest absolute Gasteiger partial charge is 0.159 e. The number of hydrogen-bond donors (Lipinski definition) is 0. The van der Waals surface area contributed by atoms with Crippen molar-refractivity contribution >= 4 is 0 Å². The number of fused-ring (bicyclic) bond motifs is 1. The SMILES string of the molecule is COC(OC)C1CCC2CCCCC2C1. The zero-order valence-electron chi connectivity index (χ0n) is 10.1. The first-order valence-corrected chi connectivity index (χ1v) is 6.40. The fourth-order valence-corrected chi connectivity index (χ4v) is 3.64. The fraction of sp³-hybridized carbons (Fsp3) is 1.00. The average molecular weight is 212 g/mol. The topological polar surface area (TPSA) is 18.5 Å². The Morgan fingerprint density at radius 3 is 2.20 bits per heavy atom. The molecule has 0 aromatic carbocycles. The molecule has 2 aliphatic rings. The summed E-state index contributed by atoms with van der Waals surface area (Å²) in [5.74, 6) is 2.62. The molecule has 2 rings (SSSR count). The first-order valence-electron chi connectivity index (χ1n) is 6.40. The lowest BCUT2D eigenvalue weighted by Gasteiger charge is -2.41. The summed E-state index contributed by atoms with van der Waals surface area (Å²) in [6.45, 7) is 0. The van der Waals surface area contributed by atoms with Crippen LogP contribution in [0.5, 0.6) is 0 Å². The molecule has 2 nitrogen and oxygen atoms in total. The van der Waals surface area contributed by atoms with Crippen LogP contribution in [0, 0.1) is 17.8 Å². The summed E-state index contributed by atoms with van der Waals surface area (Å²) in [4.78, 5) is 0. The maximum absolute atomic E-state index is 5.40. The third-order valence-corrected chi connectivity index (χ3v) is 4.43. The molecule has 2 aliphatic carbocycles. The Bertz CT molecular complexity index is 189. The molecule has 0 aliphatic heterocycles. The van der Waals surface area contributed by atoms with Crippen LogP contribution in [0.15, 0.2) is 0 Å². The Morgan fingerprint density at radius 2 is 1.53 bits per heavy atom. The largest absolute Gasteiger partial charge is 0.356 e. The van der Waals surface area contributed by atoms with Gasteiger partial charge in [-0.05, 0) is 31.1 Å². The maximum atomic E-state index is 5.40. The highest BCUT2D eigenvalue weighted by Crippen LogP contribution is 2.43. The van der Waals surface area contributed by atoms with Crippen LogP contribution in [-0.2, 0) is 9.47 Å². The van der Waals surface area contributed by atoms with E-state index in [1.165, 1.54) is 44.9 Å². The van der Waals surface area contributed by atoms with Crippen molar-refractivity contribution in [2.45, 2.75) is 51.2 Å². The van der Waals surface area contributed by atoms with Crippen LogP contribution >= 0.6 is 0 Å². The van der Waals surface area contributed by atoms with E-state index >= 15 is 0 Å². The lowest BCUT2D eigenvalue weighted by atomic mass is 9.67. The zero-order chi connectivity index (χ0) is 10.7. The fourth-order valence-electron chi connectivity index (χ4n) is 3.64. The number of ether oxygens (including phenoxy) is 2. The van der Waals surface area contributed by atoms with E-state index in [1.54, 1.807) is 14.2 Å². The molecular formula is C13H24O2. The summed E-state index contributed by atoms with van der Waals surface area (Å²) < 4.78 is 10.8. The van der Waals surface area contributed by atoms with Gasteiger partial charge in [0, 0.05) is 20.1 Å². The molecule has 2 fully saturated rings. The Labute approximate surface area is 93.3 Å². The number of hydrogen-bond acceptors (Lipinski definition) is 2. The number of rotatable bonds is 3. The molecule has 2 heteroatoms. The van der Waals surface area contributed by atoms with Crippen molar-refractivity contribution < 1.29 is 9.47 Å². The van der Waals surface area contributed by atoms with Crippen LogP contribution < -0.4 is 0 Å². The molecule has 0 heterocycles. The summed E-state index contributed by atoms with van der Waals surface area (Å²) in [6, 6.07) is 0. The van der Waals surface area contributed by atoms with Gasteiger partial charge in [0.2, 0.25) is 0 Å². The second kappa shape index (κ2) is 5.31. The van der Waals surface area contributed by atoms with E-state index in [0.717, 1.165) is 11.8 Å². The van der Waals surface area contributed by atoms with E-state index in [4.69, 9.17) is 9.47 Å². The highest BCUT2D eigenvalue weighted by Gasteiger charge is 2.35. The van der Waals surface area contributed by atoms with Crippen LogP contribution in [0.3, 0.4) is 0 Å². The molecule has 0 N–H and O–H groups in total. The Kier molecular flexibility index (Phi) is 4.04. The summed E-state index contributed by atoms with van der Waals surface area (Å²) in [7, 11) is 3.53. The van der Waals surface area contributed by atoms with Gasteiger partial charge in [-0.15, -0.1) is 0 Å². The van der Waals surface area contributed by atoms with Gasteiger partial charge in [0.25, 0.3) is 0 Å². The normalized spacial score (nSPS) is 36.6. The molecule has 0 amide bonds. The average Bonchev–Trinajstić information content (AvgIpc) is 2.30. The predicted molar refractivity (Wildman–Crippen MR) is 60.6 cm³/mol. The van der Waals surface area contributed by atoms with E-state index in [-0.39, 0.29) is 6.29 Å². The Balaban J connectivity index is 1.90. The van der Waals surface area contributed by atoms with Crippen LogP contribution in [0.4, 0.5) is 0 Å². The highest BCUT2D eigenvalue weighted by molar-refractivity contribution is 4.84. The van der Waals surface area contributed by atoms with Crippen molar-refractivity contribution in [2.75, 3.05) is 14.2 Å². The highest BCUT2D eigenvalue weighted by atomic mass is 16.7. The number of methoxy groups -OCH3 is 2. The van der Waals surface area contributed by atoms with Crippen molar-refractivity contribution in [1.29, 1.82) is 0 Å². The van der Waals surface area contributed by atoms with Gasteiger partial charge in [0.1, 0.15) is 0 Å². The van der Waals surface area contributed by atoms with Crippen LogP contribution in [0.1, 0.15) is 44.9 Å². The molecular weight excluding hydrogens is 188 g/mol. The summed E-state index contributed by atoms with van der Waals surface area (Å²) in [5.41, 5.74) is 0. The second-order valence-corrected chi connectivity index (χ2v) is 5.22. The van der Waals surface area contributed by atoms with E-state index in [2.05, 4.69) is 0 Å². The molecule has 3 unspecified atom stereocenters.